The van der Waals surface area contributed by atoms with Gasteiger partial charge in [-0.3, -0.25) is 0 Å². The Hall–Kier alpha value is -5.45. The molecule has 7 aromatic carbocycles. The van der Waals surface area contributed by atoms with Gasteiger partial charge in [0.05, 0.1) is 0 Å². The zero-order valence-electron chi connectivity index (χ0n) is 23.0. The van der Waals surface area contributed by atoms with Gasteiger partial charge in [0.1, 0.15) is 0 Å². The summed E-state index contributed by atoms with van der Waals surface area (Å²) in [6.07, 6.45) is 0. The summed E-state index contributed by atoms with van der Waals surface area (Å²) in [5.41, 5.74) is 2.95. The number of benzene rings is 7. The minimum atomic E-state index is 0.666. The molecule has 9 aromatic rings. The van der Waals surface area contributed by atoms with Crippen LogP contribution in [-0.4, -0.2) is 15.0 Å². The minimum absolute atomic E-state index is 0.666. The first-order valence-corrected chi connectivity index (χ1v) is 15.2. The van der Waals surface area contributed by atoms with Crippen LogP contribution in [0.2, 0.25) is 0 Å². The third kappa shape index (κ3) is 3.92. The fourth-order valence-corrected chi connectivity index (χ4v) is 7.40. The molecule has 0 spiro atoms. The minimum Gasteiger partial charge on any atom is -0.208 e. The first-order chi connectivity index (χ1) is 21.3. The van der Waals surface area contributed by atoms with Gasteiger partial charge in [-0.2, -0.15) is 0 Å². The number of aromatic nitrogens is 3. The number of thiophene rings is 1. The second-order valence-corrected chi connectivity index (χ2v) is 11.9. The maximum atomic E-state index is 5.17. The van der Waals surface area contributed by atoms with Crippen LogP contribution < -0.4 is 0 Å². The first kappa shape index (κ1) is 24.2. The van der Waals surface area contributed by atoms with Crippen LogP contribution in [-0.2, 0) is 0 Å². The molecule has 0 N–H and O–H groups in total. The largest absolute Gasteiger partial charge is 0.208 e. The molecule has 0 radical (unpaired) electrons. The summed E-state index contributed by atoms with van der Waals surface area (Å²) in [7, 11) is 0. The second-order valence-electron chi connectivity index (χ2n) is 10.8. The van der Waals surface area contributed by atoms with Gasteiger partial charge in [-0.05, 0) is 50.5 Å². The highest BCUT2D eigenvalue weighted by molar-refractivity contribution is 7.25. The first-order valence-electron chi connectivity index (χ1n) is 14.4. The summed E-state index contributed by atoms with van der Waals surface area (Å²) in [5, 5.41) is 9.77. The molecule has 0 aliphatic heterocycles. The zero-order chi connectivity index (χ0) is 28.3. The molecule has 0 saturated carbocycles. The van der Waals surface area contributed by atoms with E-state index >= 15 is 0 Å². The average molecular weight is 566 g/mol. The van der Waals surface area contributed by atoms with Crippen molar-refractivity contribution in [2.24, 2.45) is 0 Å². The predicted octanol–water partition coefficient (Wildman–Crippen LogP) is 10.7. The Labute approximate surface area is 251 Å². The second kappa shape index (κ2) is 9.55. The highest BCUT2D eigenvalue weighted by Crippen LogP contribution is 2.40. The third-order valence-electron chi connectivity index (χ3n) is 8.30. The van der Waals surface area contributed by atoms with E-state index in [-0.39, 0.29) is 0 Å². The maximum absolute atomic E-state index is 5.17. The lowest BCUT2D eigenvalue weighted by atomic mass is 9.95. The summed E-state index contributed by atoms with van der Waals surface area (Å²) in [5.74, 6) is 2.02. The van der Waals surface area contributed by atoms with Crippen molar-refractivity contribution in [3.63, 3.8) is 0 Å². The SMILES string of the molecule is c1ccc(-c2nc(-c3ccc4ccc5ccc6ccccc6c5c4c3)nc(-c3cccc4sc5ccccc5c34)n2)cc1. The molecule has 2 heterocycles. The smallest absolute Gasteiger partial charge is 0.164 e. The summed E-state index contributed by atoms with van der Waals surface area (Å²) >= 11 is 1.80. The molecular formula is C39H23N3S. The van der Waals surface area contributed by atoms with Crippen molar-refractivity contribution in [3.8, 4) is 34.2 Å². The lowest BCUT2D eigenvalue weighted by Gasteiger charge is -2.12. The van der Waals surface area contributed by atoms with E-state index in [1.54, 1.807) is 11.3 Å². The van der Waals surface area contributed by atoms with Crippen molar-refractivity contribution in [3.05, 3.63) is 140 Å². The van der Waals surface area contributed by atoms with Crippen LogP contribution in [0.15, 0.2) is 140 Å². The van der Waals surface area contributed by atoms with E-state index in [1.165, 1.54) is 52.5 Å². The van der Waals surface area contributed by atoms with Gasteiger partial charge >= 0.3 is 0 Å². The predicted molar refractivity (Wildman–Crippen MR) is 182 cm³/mol. The Morgan fingerprint density at radius 2 is 1.00 bits per heavy atom. The summed E-state index contributed by atoms with van der Waals surface area (Å²) in [6.45, 7) is 0. The molecule has 0 atom stereocenters. The molecule has 9 rings (SSSR count). The topological polar surface area (TPSA) is 38.7 Å². The molecule has 0 bridgehead atoms. The normalized spacial score (nSPS) is 11.7. The standard InChI is InChI=1S/C39H23N3S/c1-2-10-27(11-3-1)37-40-38(42-39(41-37)31-14-8-16-34-36(31)30-13-6-7-15-33(30)43-34)28-22-19-25-18-21-26-20-17-24-9-4-5-12-29(24)35(26)32(25)23-28/h1-23H. The van der Waals surface area contributed by atoms with Gasteiger partial charge in [-0.15, -0.1) is 11.3 Å². The van der Waals surface area contributed by atoms with Crippen LogP contribution in [0.4, 0.5) is 0 Å². The molecule has 0 saturated heterocycles. The lowest BCUT2D eigenvalue weighted by molar-refractivity contribution is 1.08. The van der Waals surface area contributed by atoms with E-state index in [9.17, 15) is 0 Å². The van der Waals surface area contributed by atoms with E-state index in [4.69, 9.17) is 15.0 Å². The van der Waals surface area contributed by atoms with Crippen molar-refractivity contribution >= 4 is 63.8 Å². The van der Waals surface area contributed by atoms with Gasteiger partial charge in [0.2, 0.25) is 0 Å². The molecule has 0 amide bonds. The molecule has 0 fully saturated rings. The molecule has 200 valence electrons. The fourth-order valence-electron chi connectivity index (χ4n) is 6.27. The van der Waals surface area contributed by atoms with Crippen LogP contribution in [0, 0.1) is 0 Å². The van der Waals surface area contributed by atoms with Crippen LogP contribution in [0.25, 0.3) is 86.7 Å². The van der Waals surface area contributed by atoms with Crippen molar-refractivity contribution < 1.29 is 0 Å². The Balaban J connectivity index is 1.33. The van der Waals surface area contributed by atoms with Crippen molar-refractivity contribution in [2.45, 2.75) is 0 Å². The number of hydrogen-bond donors (Lipinski definition) is 0. The van der Waals surface area contributed by atoms with Crippen LogP contribution in [0.1, 0.15) is 0 Å². The molecular weight excluding hydrogens is 543 g/mol. The van der Waals surface area contributed by atoms with E-state index in [0.717, 1.165) is 16.7 Å². The Morgan fingerprint density at radius 3 is 1.86 bits per heavy atom. The Bertz CT molecular complexity index is 2510. The molecule has 4 heteroatoms. The number of nitrogens with zero attached hydrogens (tertiary/aromatic N) is 3. The number of fused-ring (bicyclic) bond motifs is 8. The van der Waals surface area contributed by atoms with Crippen molar-refractivity contribution in [1.29, 1.82) is 0 Å². The van der Waals surface area contributed by atoms with Crippen molar-refractivity contribution in [2.75, 3.05) is 0 Å². The number of hydrogen-bond acceptors (Lipinski definition) is 4. The van der Waals surface area contributed by atoms with Gasteiger partial charge in [0, 0.05) is 36.9 Å². The molecule has 2 aromatic heterocycles. The van der Waals surface area contributed by atoms with Gasteiger partial charge in [-0.1, -0.05) is 121 Å². The zero-order valence-corrected chi connectivity index (χ0v) is 23.8. The van der Waals surface area contributed by atoms with Gasteiger partial charge < -0.3 is 0 Å². The fraction of sp³-hybridized carbons (Fsp3) is 0. The maximum Gasteiger partial charge on any atom is 0.164 e. The Kier molecular flexibility index (Phi) is 5.37. The lowest BCUT2D eigenvalue weighted by Crippen LogP contribution is -2.00. The Morgan fingerprint density at radius 1 is 0.372 bits per heavy atom. The van der Waals surface area contributed by atoms with Crippen LogP contribution in [0.3, 0.4) is 0 Å². The monoisotopic (exact) mass is 565 g/mol. The third-order valence-corrected chi connectivity index (χ3v) is 9.43. The summed E-state index contributed by atoms with van der Waals surface area (Å²) < 4.78 is 2.49. The molecule has 0 aliphatic carbocycles. The molecule has 0 aliphatic rings. The number of rotatable bonds is 3. The van der Waals surface area contributed by atoms with Gasteiger partial charge in [0.25, 0.3) is 0 Å². The summed E-state index contributed by atoms with van der Waals surface area (Å²) in [4.78, 5) is 15.3. The average Bonchev–Trinajstić information content (AvgIpc) is 3.47. The summed E-state index contributed by atoms with van der Waals surface area (Å²) in [6, 6.07) is 49.2. The van der Waals surface area contributed by atoms with E-state index in [2.05, 4.69) is 121 Å². The molecule has 0 unspecified atom stereocenters. The van der Waals surface area contributed by atoms with E-state index < -0.39 is 0 Å². The molecule has 3 nitrogen and oxygen atoms in total. The van der Waals surface area contributed by atoms with Crippen LogP contribution in [0.5, 0.6) is 0 Å². The van der Waals surface area contributed by atoms with E-state index in [1.807, 2.05) is 18.2 Å². The van der Waals surface area contributed by atoms with Crippen molar-refractivity contribution in [1.82, 2.24) is 15.0 Å². The van der Waals surface area contributed by atoms with E-state index in [0.29, 0.717) is 17.5 Å². The highest BCUT2D eigenvalue weighted by Gasteiger charge is 2.17. The van der Waals surface area contributed by atoms with Crippen LogP contribution >= 0.6 is 11.3 Å². The quantitative estimate of drug-likeness (QED) is 0.200. The highest BCUT2D eigenvalue weighted by atomic mass is 32.1. The molecule has 43 heavy (non-hydrogen) atoms. The van der Waals surface area contributed by atoms with Gasteiger partial charge in [-0.25, -0.2) is 15.0 Å². The van der Waals surface area contributed by atoms with Gasteiger partial charge in [0.15, 0.2) is 17.5 Å².